The summed E-state index contributed by atoms with van der Waals surface area (Å²) in [5.74, 6) is 0. The molecule has 0 aromatic carbocycles. The van der Waals surface area contributed by atoms with Crippen molar-refractivity contribution in [3.05, 3.63) is 0 Å². The van der Waals surface area contributed by atoms with E-state index >= 15 is 0 Å². The van der Waals surface area contributed by atoms with E-state index in [4.69, 9.17) is 15.8 Å². The maximum atomic E-state index is 8.49. The Kier molecular flexibility index (Phi) is 6.74. The molecule has 0 aliphatic carbocycles. The number of nitriles is 3. The second kappa shape index (κ2) is 7.32. The van der Waals surface area contributed by atoms with Crippen LogP contribution in [0.2, 0.25) is 0 Å². The molecule has 0 bridgehead atoms. The zero-order valence-electron chi connectivity index (χ0n) is 8.16. The largest absolute Gasteiger partial charge is 0.198 e. The van der Waals surface area contributed by atoms with Crippen LogP contribution in [-0.2, 0) is 0 Å². The number of hydrogen-bond acceptors (Lipinski definition) is 3. The van der Waals surface area contributed by atoms with Crippen molar-refractivity contribution < 1.29 is 0 Å². The summed E-state index contributed by atoms with van der Waals surface area (Å²) in [6.07, 6.45) is 3.70. The second-order valence-electron chi connectivity index (χ2n) is 3.34. The number of hydrogen-bond donors (Lipinski definition) is 0. The zero-order chi connectivity index (χ0) is 10.9. The Morgan fingerprint density at radius 3 is 1.29 bits per heavy atom. The molecule has 0 aromatic heterocycles. The van der Waals surface area contributed by atoms with Gasteiger partial charge in [-0.25, -0.2) is 0 Å². The third-order valence-electron chi connectivity index (χ3n) is 2.20. The van der Waals surface area contributed by atoms with Gasteiger partial charge in [0.1, 0.15) is 0 Å². The molecule has 0 rings (SSSR count). The predicted molar refractivity (Wildman–Crippen MR) is 57.0 cm³/mol. The molecule has 0 N–H and O–H groups in total. The van der Waals surface area contributed by atoms with Crippen molar-refractivity contribution in [2.75, 3.05) is 0 Å². The normalized spacial score (nSPS) is 9.86. The van der Waals surface area contributed by atoms with Gasteiger partial charge < -0.3 is 0 Å². The topological polar surface area (TPSA) is 71.4 Å². The molecule has 4 heteroatoms. The SMILES string of the molecule is N#CCCC(P)(CCC#N)CCC#N. The molecule has 0 fully saturated rings. The Hall–Kier alpha value is -1.10. The fraction of sp³-hybridized carbons (Fsp3) is 0.700. The molecule has 1 unspecified atom stereocenters. The van der Waals surface area contributed by atoms with Gasteiger partial charge in [-0.3, -0.25) is 0 Å². The molecule has 3 nitrogen and oxygen atoms in total. The minimum atomic E-state index is -0.0960. The predicted octanol–water partition coefficient (Wildman–Crippen LogP) is 2.51. The number of rotatable bonds is 6. The van der Waals surface area contributed by atoms with Crippen LogP contribution in [0.25, 0.3) is 0 Å². The van der Waals surface area contributed by atoms with Crippen LogP contribution in [0.1, 0.15) is 38.5 Å². The van der Waals surface area contributed by atoms with Crippen LogP contribution >= 0.6 is 9.24 Å². The molecule has 0 heterocycles. The first-order valence-electron chi connectivity index (χ1n) is 4.58. The minimum Gasteiger partial charge on any atom is -0.198 e. The lowest BCUT2D eigenvalue weighted by Crippen LogP contribution is -2.20. The van der Waals surface area contributed by atoms with Crippen molar-refractivity contribution in [1.82, 2.24) is 0 Å². The molecule has 0 spiro atoms. The lowest BCUT2D eigenvalue weighted by molar-refractivity contribution is 0.483. The summed E-state index contributed by atoms with van der Waals surface area (Å²) in [6, 6.07) is 6.29. The van der Waals surface area contributed by atoms with Gasteiger partial charge >= 0.3 is 0 Å². The standard InChI is InChI=1S/C10H14N3P/c11-7-1-4-10(14,5-2-8-12)6-3-9-13/h1-6,14H2. The molecule has 0 aliphatic rings. The molecule has 1 atom stereocenters. The van der Waals surface area contributed by atoms with Gasteiger partial charge in [-0.05, 0) is 24.4 Å². The smallest absolute Gasteiger partial charge is 0.0622 e. The van der Waals surface area contributed by atoms with Crippen molar-refractivity contribution in [3.8, 4) is 18.2 Å². The lowest BCUT2D eigenvalue weighted by atomic mass is 9.92. The van der Waals surface area contributed by atoms with E-state index in [0.29, 0.717) is 19.3 Å². The summed E-state index contributed by atoms with van der Waals surface area (Å²) >= 11 is 0. The van der Waals surface area contributed by atoms with Crippen LogP contribution in [0.15, 0.2) is 0 Å². The molecule has 0 aromatic rings. The van der Waals surface area contributed by atoms with Crippen LogP contribution in [0.5, 0.6) is 0 Å². The quantitative estimate of drug-likeness (QED) is 0.628. The average Bonchev–Trinajstić information content (AvgIpc) is 2.21. The first kappa shape index (κ1) is 12.9. The molecule has 14 heavy (non-hydrogen) atoms. The first-order valence-corrected chi connectivity index (χ1v) is 5.16. The maximum Gasteiger partial charge on any atom is 0.0622 e. The third-order valence-corrected chi connectivity index (χ3v) is 3.07. The lowest BCUT2D eigenvalue weighted by Gasteiger charge is -2.26. The Morgan fingerprint density at radius 2 is 1.07 bits per heavy atom. The molecule has 0 amide bonds. The maximum absolute atomic E-state index is 8.49. The van der Waals surface area contributed by atoms with Gasteiger partial charge in [0.25, 0.3) is 0 Å². The summed E-state index contributed by atoms with van der Waals surface area (Å²) in [6.45, 7) is 0. The number of nitrogens with zero attached hydrogens (tertiary/aromatic N) is 3. The van der Waals surface area contributed by atoms with Crippen molar-refractivity contribution in [1.29, 1.82) is 15.8 Å². The first-order chi connectivity index (χ1) is 6.68. The van der Waals surface area contributed by atoms with Crippen LogP contribution in [0.3, 0.4) is 0 Å². The molecule has 0 saturated carbocycles. The molecule has 74 valence electrons. The van der Waals surface area contributed by atoms with E-state index in [1.165, 1.54) is 0 Å². The molecule has 0 aliphatic heterocycles. The van der Waals surface area contributed by atoms with Crippen molar-refractivity contribution in [3.63, 3.8) is 0 Å². The zero-order valence-corrected chi connectivity index (χ0v) is 9.32. The highest BCUT2D eigenvalue weighted by Gasteiger charge is 2.23. The highest BCUT2D eigenvalue weighted by molar-refractivity contribution is 7.19. The molecule has 0 radical (unpaired) electrons. The second-order valence-corrected chi connectivity index (χ2v) is 4.56. The molecule has 0 saturated heterocycles. The highest BCUT2D eigenvalue weighted by atomic mass is 31.0. The van der Waals surface area contributed by atoms with Gasteiger partial charge in [0, 0.05) is 19.3 Å². The molecular formula is C10H14N3P. The highest BCUT2D eigenvalue weighted by Crippen LogP contribution is 2.34. The van der Waals surface area contributed by atoms with Gasteiger partial charge in [-0.15, -0.1) is 9.24 Å². The third kappa shape index (κ3) is 5.53. The average molecular weight is 207 g/mol. The van der Waals surface area contributed by atoms with Gasteiger partial charge in [-0.2, -0.15) is 15.8 Å². The van der Waals surface area contributed by atoms with E-state index in [2.05, 4.69) is 27.4 Å². The van der Waals surface area contributed by atoms with Gasteiger partial charge in [0.05, 0.1) is 18.2 Å². The van der Waals surface area contributed by atoms with E-state index in [0.717, 1.165) is 19.3 Å². The van der Waals surface area contributed by atoms with E-state index in [9.17, 15) is 0 Å². The summed E-state index contributed by atoms with van der Waals surface area (Å²) in [5.41, 5.74) is 0. The monoisotopic (exact) mass is 207 g/mol. The van der Waals surface area contributed by atoms with E-state index in [1.54, 1.807) is 0 Å². The van der Waals surface area contributed by atoms with Crippen LogP contribution in [-0.4, -0.2) is 5.16 Å². The summed E-state index contributed by atoms with van der Waals surface area (Å²) < 4.78 is 0. The van der Waals surface area contributed by atoms with Gasteiger partial charge in [0.15, 0.2) is 0 Å². The Balaban J connectivity index is 4.13. The summed E-state index contributed by atoms with van der Waals surface area (Å²) in [7, 11) is 2.71. The summed E-state index contributed by atoms with van der Waals surface area (Å²) in [5, 5.41) is 25.4. The van der Waals surface area contributed by atoms with Crippen LogP contribution in [0.4, 0.5) is 0 Å². The Bertz CT molecular complexity index is 234. The van der Waals surface area contributed by atoms with E-state index < -0.39 is 0 Å². The minimum absolute atomic E-state index is 0.0960. The van der Waals surface area contributed by atoms with E-state index in [-0.39, 0.29) is 5.16 Å². The van der Waals surface area contributed by atoms with Crippen molar-refractivity contribution >= 4 is 9.24 Å². The van der Waals surface area contributed by atoms with Gasteiger partial charge in [0.2, 0.25) is 0 Å². The molecular weight excluding hydrogens is 193 g/mol. The fourth-order valence-electron chi connectivity index (χ4n) is 1.29. The van der Waals surface area contributed by atoms with Crippen molar-refractivity contribution in [2.24, 2.45) is 0 Å². The van der Waals surface area contributed by atoms with Gasteiger partial charge in [-0.1, -0.05) is 0 Å². The fourth-order valence-corrected chi connectivity index (χ4v) is 1.72. The van der Waals surface area contributed by atoms with Crippen LogP contribution in [0, 0.1) is 34.0 Å². The summed E-state index contributed by atoms with van der Waals surface area (Å²) in [4.78, 5) is 0. The van der Waals surface area contributed by atoms with E-state index in [1.807, 2.05) is 0 Å². The van der Waals surface area contributed by atoms with Crippen molar-refractivity contribution in [2.45, 2.75) is 43.7 Å². The van der Waals surface area contributed by atoms with Crippen LogP contribution < -0.4 is 0 Å². The Morgan fingerprint density at radius 1 is 0.786 bits per heavy atom. The Labute approximate surface area is 87.5 Å².